The van der Waals surface area contributed by atoms with Crippen LogP contribution in [0.25, 0.3) is 33.6 Å². The molecule has 4 nitrogen and oxygen atoms in total. The molecule has 0 aliphatic carbocycles. The normalized spacial score (nSPS) is 11.2. The average Bonchev–Trinajstić information content (AvgIpc) is 3.30. The van der Waals surface area contributed by atoms with Gasteiger partial charge >= 0.3 is 5.97 Å². The van der Waals surface area contributed by atoms with Crippen LogP contribution in [0.15, 0.2) is 103 Å². The first-order valence-electron chi connectivity index (χ1n) is 12.9. The van der Waals surface area contributed by atoms with Gasteiger partial charge < -0.3 is 5.11 Å². The summed E-state index contributed by atoms with van der Waals surface area (Å²) in [4.78, 5) is 10.6. The van der Waals surface area contributed by atoms with E-state index in [-0.39, 0.29) is 6.42 Å². The number of aliphatic carboxylic acids is 1. The minimum Gasteiger partial charge on any atom is -0.481 e. The number of carboxylic acid groups (broad SMARTS) is 1. The van der Waals surface area contributed by atoms with Crippen LogP contribution in [0.1, 0.15) is 44.9 Å². The van der Waals surface area contributed by atoms with Crippen molar-refractivity contribution in [2.75, 3.05) is 0 Å². The smallest absolute Gasteiger partial charge is 0.303 e. The summed E-state index contributed by atoms with van der Waals surface area (Å²) in [6.07, 6.45) is 10.4. The van der Waals surface area contributed by atoms with Crippen LogP contribution >= 0.6 is 0 Å². The molecular formula is C32H34N2O2. The number of carboxylic acids is 1. The molecule has 36 heavy (non-hydrogen) atoms. The molecule has 0 atom stereocenters. The van der Waals surface area contributed by atoms with Crippen molar-refractivity contribution in [1.82, 2.24) is 9.78 Å². The molecule has 4 rings (SSSR count). The lowest BCUT2D eigenvalue weighted by atomic mass is 9.96. The van der Waals surface area contributed by atoms with E-state index in [4.69, 9.17) is 10.2 Å². The zero-order valence-electron chi connectivity index (χ0n) is 20.7. The Morgan fingerprint density at radius 2 is 1.25 bits per heavy atom. The molecule has 1 N–H and O–H groups in total. The van der Waals surface area contributed by atoms with Gasteiger partial charge in [-0.2, -0.15) is 5.10 Å². The number of nitrogens with zero attached hydrogens (tertiary/aromatic N) is 2. The molecule has 0 amide bonds. The molecular weight excluding hydrogens is 444 g/mol. The van der Waals surface area contributed by atoms with Gasteiger partial charge in [0.15, 0.2) is 0 Å². The Balaban J connectivity index is 1.53. The van der Waals surface area contributed by atoms with Crippen LogP contribution in [-0.4, -0.2) is 20.9 Å². The van der Waals surface area contributed by atoms with Crippen LogP contribution in [-0.2, 0) is 11.3 Å². The van der Waals surface area contributed by atoms with E-state index in [0.717, 1.165) is 49.9 Å². The van der Waals surface area contributed by atoms with Gasteiger partial charge in [-0.1, -0.05) is 110 Å². The maximum atomic E-state index is 10.6. The SMILES string of the molecule is O=C(O)CCC/C=C/CCCCCn1nc(-c2ccccc2)c(-c2ccccc2)c1-c1ccccc1. The number of aromatic nitrogens is 2. The predicted molar refractivity (Wildman–Crippen MR) is 148 cm³/mol. The molecule has 0 aliphatic rings. The second kappa shape index (κ2) is 13.2. The third-order valence-corrected chi connectivity index (χ3v) is 6.28. The van der Waals surface area contributed by atoms with Crippen molar-refractivity contribution >= 4 is 5.97 Å². The van der Waals surface area contributed by atoms with E-state index >= 15 is 0 Å². The minimum absolute atomic E-state index is 0.244. The quantitative estimate of drug-likeness (QED) is 0.155. The molecule has 4 heteroatoms. The molecule has 184 valence electrons. The maximum absolute atomic E-state index is 10.6. The van der Waals surface area contributed by atoms with Crippen molar-refractivity contribution in [3.8, 4) is 33.6 Å². The number of allylic oxidation sites excluding steroid dienone is 2. The fourth-order valence-electron chi connectivity index (χ4n) is 4.50. The molecule has 1 aromatic heterocycles. The van der Waals surface area contributed by atoms with Gasteiger partial charge in [-0.3, -0.25) is 9.48 Å². The number of benzene rings is 3. The number of rotatable bonds is 13. The standard InChI is InChI=1S/C32H34N2O2/c35-29(36)24-16-5-3-1-2-4-6-17-25-34-32(28-22-14-9-15-23-28)30(26-18-10-7-11-19-26)31(33-34)27-20-12-8-13-21-27/h1,3,7-15,18-23H,2,4-6,16-17,24-25H2,(H,35,36)/b3-1+. The highest BCUT2D eigenvalue weighted by molar-refractivity contribution is 5.91. The number of hydrogen-bond donors (Lipinski definition) is 1. The van der Waals surface area contributed by atoms with Crippen molar-refractivity contribution in [2.24, 2.45) is 0 Å². The summed E-state index contributed by atoms with van der Waals surface area (Å²) in [5, 5.41) is 13.9. The first kappa shape index (κ1) is 25.2. The summed E-state index contributed by atoms with van der Waals surface area (Å²) < 4.78 is 2.20. The summed E-state index contributed by atoms with van der Waals surface area (Å²) in [7, 11) is 0. The van der Waals surface area contributed by atoms with Crippen LogP contribution in [0.3, 0.4) is 0 Å². The molecule has 0 saturated carbocycles. The van der Waals surface area contributed by atoms with E-state index in [1.165, 1.54) is 22.4 Å². The average molecular weight is 479 g/mol. The molecule has 0 fully saturated rings. The maximum Gasteiger partial charge on any atom is 0.303 e. The van der Waals surface area contributed by atoms with Gasteiger partial charge in [-0.15, -0.1) is 0 Å². The van der Waals surface area contributed by atoms with Gasteiger partial charge in [0.1, 0.15) is 5.69 Å². The molecule has 0 unspecified atom stereocenters. The predicted octanol–water partition coefficient (Wildman–Crippen LogP) is 8.26. The molecule has 0 spiro atoms. The first-order chi connectivity index (χ1) is 17.7. The van der Waals surface area contributed by atoms with Gasteiger partial charge in [0.2, 0.25) is 0 Å². The van der Waals surface area contributed by atoms with E-state index in [2.05, 4.69) is 102 Å². The van der Waals surface area contributed by atoms with Crippen molar-refractivity contribution in [1.29, 1.82) is 0 Å². The van der Waals surface area contributed by atoms with Crippen molar-refractivity contribution in [3.05, 3.63) is 103 Å². The zero-order valence-corrected chi connectivity index (χ0v) is 20.7. The van der Waals surface area contributed by atoms with Gasteiger partial charge in [-0.05, 0) is 37.7 Å². The van der Waals surface area contributed by atoms with Crippen LogP contribution in [0.5, 0.6) is 0 Å². The molecule has 0 aliphatic heterocycles. The highest BCUT2D eigenvalue weighted by Crippen LogP contribution is 2.40. The van der Waals surface area contributed by atoms with Gasteiger partial charge in [0, 0.05) is 29.7 Å². The second-order valence-corrected chi connectivity index (χ2v) is 9.00. The van der Waals surface area contributed by atoms with Crippen LogP contribution < -0.4 is 0 Å². The minimum atomic E-state index is -0.720. The summed E-state index contributed by atoms with van der Waals surface area (Å²) in [5.74, 6) is -0.720. The van der Waals surface area contributed by atoms with E-state index in [0.29, 0.717) is 6.42 Å². The Kier molecular flexibility index (Phi) is 9.26. The highest BCUT2D eigenvalue weighted by atomic mass is 16.4. The monoisotopic (exact) mass is 478 g/mol. The topological polar surface area (TPSA) is 55.1 Å². The fourth-order valence-corrected chi connectivity index (χ4v) is 4.50. The number of carbonyl (C=O) groups is 1. The molecule has 0 bridgehead atoms. The zero-order chi connectivity index (χ0) is 25.0. The van der Waals surface area contributed by atoms with E-state index in [1.807, 2.05) is 6.07 Å². The van der Waals surface area contributed by atoms with Crippen molar-refractivity contribution in [3.63, 3.8) is 0 Å². The van der Waals surface area contributed by atoms with Crippen molar-refractivity contribution < 1.29 is 9.90 Å². The Bertz CT molecular complexity index is 1250. The van der Waals surface area contributed by atoms with Gasteiger partial charge in [-0.25, -0.2) is 0 Å². The summed E-state index contributed by atoms with van der Waals surface area (Å²) in [5.41, 5.74) is 6.84. The Morgan fingerprint density at radius 3 is 1.86 bits per heavy atom. The third-order valence-electron chi connectivity index (χ3n) is 6.28. The van der Waals surface area contributed by atoms with E-state index in [1.54, 1.807) is 0 Å². The molecule has 3 aromatic carbocycles. The van der Waals surface area contributed by atoms with E-state index in [9.17, 15) is 4.79 Å². The van der Waals surface area contributed by atoms with Crippen LogP contribution in [0.2, 0.25) is 0 Å². The molecule has 4 aromatic rings. The van der Waals surface area contributed by atoms with Crippen molar-refractivity contribution in [2.45, 2.75) is 51.5 Å². The lowest BCUT2D eigenvalue weighted by Crippen LogP contribution is -2.03. The molecule has 0 radical (unpaired) electrons. The van der Waals surface area contributed by atoms with Gasteiger partial charge in [0.25, 0.3) is 0 Å². The fraction of sp³-hybridized carbons (Fsp3) is 0.250. The Labute approximate surface area is 213 Å². The Morgan fingerprint density at radius 1 is 0.694 bits per heavy atom. The van der Waals surface area contributed by atoms with Crippen LogP contribution in [0.4, 0.5) is 0 Å². The number of hydrogen-bond acceptors (Lipinski definition) is 2. The molecule has 0 saturated heterocycles. The van der Waals surface area contributed by atoms with E-state index < -0.39 is 5.97 Å². The third kappa shape index (κ3) is 6.82. The van der Waals surface area contributed by atoms with Gasteiger partial charge in [0.05, 0.1) is 5.69 Å². The number of unbranched alkanes of at least 4 members (excludes halogenated alkanes) is 4. The second-order valence-electron chi connectivity index (χ2n) is 9.00. The number of aryl methyl sites for hydroxylation is 1. The molecule has 1 heterocycles. The highest BCUT2D eigenvalue weighted by Gasteiger charge is 2.21. The first-order valence-corrected chi connectivity index (χ1v) is 12.9. The summed E-state index contributed by atoms with van der Waals surface area (Å²) >= 11 is 0. The lowest BCUT2D eigenvalue weighted by Gasteiger charge is -2.11. The summed E-state index contributed by atoms with van der Waals surface area (Å²) in [6, 6.07) is 31.6. The largest absolute Gasteiger partial charge is 0.481 e. The lowest BCUT2D eigenvalue weighted by molar-refractivity contribution is -0.137. The summed E-state index contributed by atoms with van der Waals surface area (Å²) in [6.45, 7) is 0.860. The van der Waals surface area contributed by atoms with Crippen LogP contribution in [0, 0.1) is 0 Å². The Hall–Kier alpha value is -3.92.